The van der Waals surface area contributed by atoms with E-state index in [4.69, 9.17) is 9.47 Å². The molecule has 3 nitrogen and oxygen atoms in total. The summed E-state index contributed by atoms with van der Waals surface area (Å²) < 4.78 is 11.9. The third-order valence-electron chi connectivity index (χ3n) is 3.28. The van der Waals surface area contributed by atoms with Crippen molar-refractivity contribution in [2.45, 2.75) is 40.2 Å². The van der Waals surface area contributed by atoms with Gasteiger partial charge in [0.05, 0.1) is 18.7 Å². The molecule has 0 saturated carbocycles. The SMILES string of the molecule is CCCNC(c1cc(OC)c(Br)cc1OC)C(C)(C)C. The van der Waals surface area contributed by atoms with E-state index in [1.54, 1.807) is 14.2 Å². The Labute approximate surface area is 131 Å². The van der Waals surface area contributed by atoms with Gasteiger partial charge in [0.15, 0.2) is 0 Å². The van der Waals surface area contributed by atoms with Crippen LogP contribution in [0.2, 0.25) is 0 Å². The minimum absolute atomic E-state index is 0.0846. The van der Waals surface area contributed by atoms with Gasteiger partial charge in [-0.2, -0.15) is 0 Å². The van der Waals surface area contributed by atoms with Gasteiger partial charge in [0.1, 0.15) is 11.5 Å². The average molecular weight is 344 g/mol. The molecule has 0 aliphatic heterocycles. The van der Waals surface area contributed by atoms with Gasteiger partial charge in [-0.15, -0.1) is 0 Å². The van der Waals surface area contributed by atoms with Crippen molar-refractivity contribution in [1.82, 2.24) is 5.32 Å². The fraction of sp³-hybridized carbons (Fsp3) is 0.625. The maximum Gasteiger partial charge on any atom is 0.133 e. The van der Waals surface area contributed by atoms with E-state index in [2.05, 4.69) is 55.0 Å². The third kappa shape index (κ3) is 4.13. The van der Waals surface area contributed by atoms with Gasteiger partial charge in [0, 0.05) is 11.6 Å². The molecule has 0 spiro atoms. The number of nitrogens with one attached hydrogen (secondary N) is 1. The van der Waals surface area contributed by atoms with Crippen molar-refractivity contribution in [3.63, 3.8) is 0 Å². The third-order valence-corrected chi connectivity index (χ3v) is 3.90. The van der Waals surface area contributed by atoms with Crippen LogP contribution in [0.5, 0.6) is 11.5 Å². The van der Waals surface area contributed by atoms with Gasteiger partial charge in [-0.3, -0.25) is 0 Å². The molecule has 1 aromatic carbocycles. The maximum absolute atomic E-state index is 5.56. The van der Waals surface area contributed by atoms with Crippen molar-refractivity contribution < 1.29 is 9.47 Å². The maximum atomic E-state index is 5.56. The first-order chi connectivity index (χ1) is 9.35. The summed E-state index contributed by atoms with van der Waals surface area (Å²) in [4.78, 5) is 0. The summed E-state index contributed by atoms with van der Waals surface area (Å²) in [5.41, 5.74) is 1.22. The van der Waals surface area contributed by atoms with Crippen LogP contribution in [0.3, 0.4) is 0 Å². The smallest absolute Gasteiger partial charge is 0.133 e. The zero-order valence-corrected chi connectivity index (χ0v) is 14.9. The van der Waals surface area contributed by atoms with Crippen molar-refractivity contribution in [3.8, 4) is 11.5 Å². The molecular weight excluding hydrogens is 318 g/mol. The molecule has 4 heteroatoms. The Hall–Kier alpha value is -0.740. The van der Waals surface area contributed by atoms with Crippen LogP contribution in [0.1, 0.15) is 45.7 Å². The van der Waals surface area contributed by atoms with Crippen LogP contribution in [0.15, 0.2) is 16.6 Å². The molecule has 0 aromatic heterocycles. The summed E-state index contributed by atoms with van der Waals surface area (Å²) in [6, 6.07) is 4.24. The Kier molecular flexibility index (Phi) is 6.34. The molecule has 1 unspecified atom stereocenters. The molecule has 114 valence electrons. The van der Waals surface area contributed by atoms with Crippen molar-refractivity contribution in [3.05, 3.63) is 22.2 Å². The number of hydrogen-bond acceptors (Lipinski definition) is 3. The number of halogens is 1. The molecule has 0 aliphatic carbocycles. The van der Waals surface area contributed by atoms with E-state index in [0.29, 0.717) is 0 Å². The topological polar surface area (TPSA) is 30.5 Å². The predicted octanol–water partition coefficient (Wildman–Crippen LogP) is 4.55. The van der Waals surface area contributed by atoms with Crippen molar-refractivity contribution in [2.24, 2.45) is 5.41 Å². The van der Waals surface area contributed by atoms with Crippen LogP contribution in [0.4, 0.5) is 0 Å². The second kappa shape index (κ2) is 7.32. The lowest BCUT2D eigenvalue weighted by Gasteiger charge is -2.33. The minimum Gasteiger partial charge on any atom is -0.496 e. The van der Waals surface area contributed by atoms with Crippen LogP contribution < -0.4 is 14.8 Å². The minimum atomic E-state index is 0.0846. The van der Waals surface area contributed by atoms with Crippen molar-refractivity contribution in [2.75, 3.05) is 20.8 Å². The van der Waals surface area contributed by atoms with E-state index in [0.717, 1.165) is 34.5 Å². The Morgan fingerprint density at radius 2 is 1.75 bits per heavy atom. The zero-order chi connectivity index (χ0) is 15.3. The lowest BCUT2D eigenvalue weighted by atomic mass is 9.81. The molecule has 1 rings (SSSR count). The highest BCUT2D eigenvalue weighted by Gasteiger charge is 2.29. The fourth-order valence-corrected chi connectivity index (χ4v) is 2.77. The number of methoxy groups -OCH3 is 2. The predicted molar refractivity (Wildman–Crippen MR) is 87.7 cm³/mol. The van der Waals surface area contributed by atoms with Gasteiger partial charge < -0.3 is 14.8 Å². The Morgan fingerprint density at radius 3 is 2.20 bits per heavy atom. The molecule has 0 radical (unpaired) electrons. The van der Waals surface area contributed by atoms with Crippen molar-refractivity contribution >= 4 is 15.9 Å². The Balaban J connectivity index is 3.30. The zero-order valence-electron chi connectivity index (χ0n) is 13.3. The molecule has 0 heterocycles. The molecular formula is C16H26BrNO2. The molecule has 20 heavy (non-hydrogen) atoms. The molecule has 1 N–H and O–H groups in total. The highest BCUT2D eigenvalue weighted by atomic mass is 79.9. The highest BCUT2D eigenvalue weighted by Crippen LogP contribution is 2.41. The second-order valence-corrected chi connectivity index (χ2v) is 6.84. The van der Waals surface area contributed by atoms with Crippen LogP contribution in [-0.2, 0) is 0 Å². The van der Waals surface area contributed by atoms with E-state index in [1.807, 2.05) is 6.07 Å². The number of ether oxygens (including phenoxy) is 2. The summed E-state index contributed by atoms with van der Waals surface area (Å²) in [5.74, 6) is 1.70. The Morgan fingerprint density at radius 1 is 1.15 bits per heavy atom. The van der Waals surface area contributed by atoms with Crippen LogP contribution in [-0.4, -0.2) is 20.8 Å². The number of hydrogen-bond donors (Lipinski definition) is 1. The molecule has 0 amide bonds. The van der Waals surface area contributed by atoms with Crippen LogP contribution in [0, 0.1) is 5.41 Å². The van der Waals surface area contributed by atoms with Gasteiger partial charge in [0.25, 0.3) is 0 Å². The van der Waals surface area contributed by atoms with Crippen molar-refractivity contribution in [1.29, 1.82) is 0 Å². The van der Waals surface area contributed by atoms with Gasteiger partial charge in [0.2, 0.25) is 0 Å². The van der Waals surface area contributed by atoms with E-state index in [1.165, 1.54) is 0 Å². The quantitative estimate of drug-likeness (QED) is 0.821. The lowest BCUT2D eigenvalue weighted by Crippen LogP contribution is -2.33. The van der Waals surface area contributed by atoms with E-state index in [-0.39, 0.29) is 11.5 Å². The summed E-state index contributed by atoms with van der Waals surface area (Å²) in [6.07, 6.45) is 1.10. The molecule has 1 atom stereocenters. The average Bonchev–Trinajstić information content (AvgIpc) is 2.38. The fourth-order valence-electron chi connectivity index (χ4n) is 2.28. The first kappa shape index (κ1) is 17.3. The van der Waals surface area contributed by atoms with Crippen LogP contribution in [0.25, 0.3) is 0 Å². The number of rotatable bonds is 6. The van der Waals surface area contributed by atoms with E-state index < -0.39 is 0 Å². The standard InChI is InChI=1S/C16H26BrNO2/c1-7-8-18-15(16(2,3)4)11-9-14(20-6)12(17)10-13(11)19-5/h9-10,15,18H,7-8H2,1-6H3. The molecule has 0 saturated heterocycles. The Bertz CT molecular complexity index is 441. The molecule has 0 bridgehead atoms. The van der Waals surface area contributed by atoms with Gasteiger partial charge in [-0.25, -0.2) is 0 Å². The largest absolute Gasteiger partial charge is 0.496 e. The van der Waals surface area contributed by atoms with Crippen LogP contribution >= 0.6 is 15.9 Å². The van der Waals surface area contributed by atoms with Gasteiger partial charge in [-0.1, -0.05) is 27.7 Å². The normalized spacial score (nSPS) is 13.2. The summed E-state index contributed by atoms with van der Waals surface area (Å²) in [5, 5.41) is 3.62. The second-order valence-electron chi connectivity index (χ2n) is 5.98. The lowest BCUT2D eigenvalue weighted by molar-refractivity contribution is 0.264. The number of benzene rings is 1. The summed E-state index contributed by atoms with van der Waals surface area (Å²) in [7, 11) is 3.39. The molecule has 0 fully saturated rings. The van der Waals surface area contributed by atoms with E-state index >= 15 is 0 Å². The van der Waals surface area contributed by atoms with Gasteiger partial charge >= 0.3 is 0 Å². The highest BCUT2D eigenvalue weighted by molar-refractivity contribution is 9.10. The monoisotopic (exact) mass is 343 g/mol. The summed E-state index contributed by atoms with van der Waals surface area (Å²) in [6.45, 7) is 9.84. The molecule has 0 aliphatic rings. The molecule has 1 aromatic rings. The van der Waals surface area contributed by atoms with E-state index in [9.17, 15) is 0 Å². The summed E-state index contributed by atoms with van der Waals surface area (Å²) >= 11 is 3.51. The first-order valence-corrected chi connectivity index (χ1v) is 7.79. The first-order valence-electron chi connectivity index (χ1n) is 7.00. The van der Waals surface area contributed by atoms with Gasteiger partial charge in [-0.05, 0) is 46.4 Å².